The van der Waals surface area contributed by atoms with Gasteiger partial charge in [0.25, 0.3) is 0 Å². The molecule has 0 aliphatic heterocycles. The summed E-state index contributed by atoms with van der Waals surface area (Å²) in [5.74, 6) is -0.0863. The Labute approximate surface area is 424 Å². The average Bonchev–Trinajstić information content (AvgIpc) is 3.34. The minimum absolute atomic E-state index is 0.0310. The number of hydrogen-bond donors (Lipinski definition) is 3. The summed E-state index contributed by atoms with van der Waals surface area (Å²) < 4.78 is 5.46. The lowest BCUT2D eigenvalue weighted by atomic mass is 10.0. The van der Waals surface area contributed by atoms with Gasteiger partial charge in [-0.1, -0.05) is 289 Å². The number of allylic oxidation sites excluding steroid dienone is 4. The van der Waals surface area contributed by atoms with Gasteiger partial charge in [-0.2, -0.15) is 0 Å². The normalized spacial score (nSPS) is 12.7. The molecule has 0 fully saturated rings. The van der Waals surface area contributed by atoms with Crippen molar-refractivity contribution < 1.29 is 24.5 Å². The first-order valence-corrected chi connectivity index (χ1v) is 30.6. The van der Waals surface area contributed by atoms with Gasteiger partial charge in [-0.25, -0.2) is 0 Å². The molecule has 0 aliphatic carbocycles. The van der Waals surface area contributed by atoms with Crippen LogP contribution in [-0.4, -0.2) is 47.4 Å². The fourth-order valence-corrected chi connectivity index (χ4v) is 9.55. The van der Waals surface area contributed by atoms with Crippen LogP contribution in [0, 0.1) is 0 Å². The molecule has 0 aliphatic rings. The molecule has 6 nitrogen and oxygen atoms in total. The highest BCUT2D eigenvalue weighted by Crippen LogP contribution is 2.18. The van der Waals surface area contributed by atoms with Crippen LogP contribution in [0.5, 0.6) is 0 Å². The van der Waals surface area contributed by atoms with Gasteiger partial charge in [0.1, 0.15) is 0 Å². The molecule has 0 rings (SSSR count). The van der Waals surface area contributed by atoms with Gasteiger partial charge in [0.2, 0.25) is 5.91 Å². The van der Waals surface area contributed by atoms with E-state index in [0.29, 0.717) is 25.9 Å². The van der Waals surface area contributed by atoms with Crippen molar-refractivity contribution in [3.05, 3.63) is 24.3 Å². The Hall–Kier alpha value is -1.66. The lowest BCUT2D eigenvalue weighted by Crippen LogP contribution is -2.45. The predicted octanol–water partition coefficient (Wildman–Crippen LogP) is 19.0. The van der Waals surface area contributed by atoms with Gasteiger partial charge in [-0.3, -0.25) is 9.59 Å². The Morgan fingerprint density at radius 3 is 1.13 bits per heavy atom. The molecular weight excluding hydrogens is 839 g/mol. The van der Waals surface area contributed by atoms with Crippen LogP contribution in [0.4, 0.5) is 0 Å². The van der Waals surface area contributed by atoms with E-state index < -0.39 is 12.1 Å². The average molecular weight is 959 g/mol. The zero-order valence-corrected chi connectivity index (χ0v) is 45.9. The molecule has 0 aromatic heterocycles. The number of nitrogens with one attached hydrogen (secondary N) is 1. The van der Waals surface area contributed by atoms with E-state index in [0.717, 1.165) is 70.6 Å². The second-order valence-corrected chi connectivity index (χ2v) is 21.0. The smallest absolute Gasteiger partial charge is 0.305 e. The molecule has 68 heavy (non-hydrogen) atoms. The van der Waals surface area contributed by atoms with Gasteiger partial charge in [0.15, 0.2) is 0 Å². The highest BCUT2D eigenvalue weighted by molar-refractivity contribution is 5.76. The molecule has 0 spiro atoms. The molecule has 2 atom stereocenters. The van der Waals surface area contributed by atoms with Crippen LogP contribution >= 0.6 is 0 Å². The van der Waals surface area contributed by atoms with E-state index in [1.54, 1.807) is 0 Å². The Morgan fingerprint density at radius 2 is 0.735 bits per heavy atom. The van der Waals surface area contributed by atoms with E-state index in [4.69, 9.17) is 4.74 Å². The molecule has 3 N–H and O–H groups in total. The number of carbonyl (C=O) groups excluding carboxylic acids is 2. The Balaban J connectivity index is 3.46. The molecule has 0 aromatic rings. The maximum absolute atomic E-state index is 12.5. The zero-order valence-electron chi connectivity index (χ0n) is 45.9. The molecule has 6 heteroatoms. The number of unbranched alkanes of at least 4 members (excludes halogenated alkanes) is 42. The fourth-order valence-electron chi connectivity index (χ4n) is 9.55. The number of esters is 1. The quantitative estimate of drug-likeness (QED) is 0.0321. The Kier molecular flexibility index (Phi) is 56.5. The standard InChI is InChI=1S/C62H119NO5/c1-3-5-7-9-11-13-15-17-19-21-22-23-24-25-26-27-28-29-30-32-34-38-42-46-50-54-60(65)59(58-64)63-61(66)55-51-47-43-39-36-37-41-45-49-53-57-68-62(67)56-52-48-44-40-35-33-31-20-18-16-14-12-10-8-6-4-2/h14,16,20,31,59-60,64-65H,3-13,15,17-19,21-30,32-58H2,1-2H3,(H,63,66)/b16-14-,31-20-. The summed E-state index contributed by atoms with van der Waals surface area (Å²) in [5.41, 5.74) is 0. The Morgan fingerprint density at radius 1 is 0.412 bits per heavy atom. The first-order valence-electron chi connectivity index (χ1n) is 30.6. The molecule has 0 heterocycles. The van der Waals surface area contributed by atoms with E-state index in [-0.39, 0.29) is 18.5 Å². The van der Waals surface area contributed by atoms with Crippen molar-refractivity contribution in [2.75, 3.05) is 13.2 Å². The van der Waals surface area contributed by atoms with Crippen LogP contribution in [-0.2, 0) is 14.3 Å². The molecule has 2 unspecified atom stereocenters. The Bertz CT molecular complexity index is 1060. The van der Waals surface area contributed by atoms with Gasteiger partial charge >= 0.3 is 5.97 Å². The van der Waals surface area contributed by atoms with E-state index in [1.807, 2.05) is 0 Å². The van der Waals surface area contributed by atoms with Crippen molar-refractivity contribution in [2.45, 2.75) is 347 Å². The number of amides is 1. The first-order chi connectivity index (χ1) is 33.5. The summed E-state index contributed by atoms with van der Waals surface area (Å²) in [5, 5.41) is 23.4. The van der Waals surface area contributed by atoms with Crippen molar-refractivity contribution in [1.29, 1.82) is 0 Å². The van der Waals surface area contributed by atoms with Crippen LogP contribution in [0.3, 0.4) is 0 Å². The highest BCUT2D eigenvalue weighted by Gasteiger charge is 2.20. The summed E-state index contributed by atoms with van der Waals surface area (Å²) in [4.78, 5) is 24.6. The number of carbonyl (C=O) groups is 2. The third-order valence-electron chi connectivity index (χ3n) is 14.3. The number of ether oxygens (including phenoxy) is 1. The van der Waals surface area contributed by atoms with Gasteiger partial charge in [0, 0.05) is 12.8 Å². The van der Waals surface area contributed by atoms with Gasteiger partial charge in [-0.15, -0.1) is 0 Å². The predicted molar refractivity (Wildman–Crippen MR) is 296 cm³/mol. The van der Waals surface area contributed by atoms with E-state index in [2.05, 4.69) is 43.5 Å². The maximum atomic E-state index is 12.5. The largest absolute Gasteiger partial charge is 0.466 e. The van der Waals surface area contributed by atoms with Crippen molar-refractivity contribution in [3.8, 4) is 0 Å². The summed E-state index contributed by atoms with van der Waals surface area (Å²) in [6.07, 6.45) is 70.3. The third-order valence-corrected chi connectivity index (χ3v) is 14.3. The summed E-state index contributed by atoms with van der Waals surface area (Å²) in [6.45, 7) is 4.90. The highest BCUT2D eigenvalue weighted by atomic mass is 16.5. The zero-order chi connectivity index (χ0) is 49.3. The van der Waals surface area contributed by atoms with E-state index in [9.17, 15) is 19.8 Å². The van der Waals surface area contributed by atoms with Crippen LogP contribution in [0.2, 0.25) is 0 Å². The maximum Gasteiger partial charge on any atom is 0.305 e. The van der Waals surface area contributed by atoms with Crippen molar-refractivity contribution in [1.82, 2.24) is 5.32 Å². The van der Waals surface area contributed by atoms with Gasteiger partial charge < -0.3 is 20.3 Å². The fraction of sp³-hybridized carbons (Fsp3) is 0.903. The number of rotatable bonds is 57. The molecule has 402 valence electrons. The second kappa shape index (κ2) is 57.9. The van der Waals surface area contributed by atoms with Gasteiger partial charge in [0.05, 0.1) is 25.4 Å². The van der Waals surface area contributed by atoms with Gasteiger partial charge in [-0.05, 0) is 57.8 Å². The minimum Gasteiger partial charge on any atom is -0.466 e. The van der Waals surface area contributed by atoms with Crippen molar-refractivity contribution in [3.63, 3.8) is 0 Å². The van der Waals surface area contributed by atoms with Crippen molar-refractivity contribution >= 4 is 11.9 Å². The topological polar surface area (TPSA) is 95.9 Å². The van der Waals surface area contributed by atoms with Crippen molar-refractivity contribution in [2.24, 2.45) is 0 Å². The first kappa shape index (κ1) is 66.3. The monoisotopic (exact) mass is 958 g/mol. The summed E-state index contributed by atoms with van der Waals surface area (Å²) in [7, 11) is 0. The molecule has 0 radical (unpaired) electrons. The molecule has 0 saturated carbocycles. The van der Waals surface area contributed by atoms with Crippen LogP contribution in [0.25, 0.3) is 0 Å². The molecule has 0 bridgehead atoms. The van der Waals surface area contributed by atoms with Crippen LogP contribution < -0.4 is 5.32 Å². The minimum atomic E-state index is -0.681. The molecular formula is C62H119NO5. The molecule has 0 saturated heterocycles. The summed E-state index contributed by atoms with van der Waals surface area (Å²) in [6, 6.07) is -0.561. The van der Waals surface area contributed by atoms with Crippen LogP contribution in [0.15, 0.2) is 24.3 Å². The third kappa shape index (κ3) is 53.7. The number of hydrogen-bond acceptors (Lipinski definition) is 5. The number of aliphatic hydroxyl groups is 2. The van der Waals surface area contributed by atoms with E-state index >= 15 is 0 Å². The van der Waals surface area contributed by atoms with Crippen LogP contribution in [0.1, 0.15) is 335 Å². The van der Waals surface area contributed by atoms with E-state index in [1.165, 1.54) is 231 Å². The second-order valence-electron chi connectivity index (χ2n) is 21.0. The summed E-state index contributed by atoms with van der Waals surface area (Å²) >= 11 is 0. The lowest BCUT2D eigenvalue weighted by Gasteiger charge is -2.22. The number of aliphatic hydroxyl groups excluding tert-OH is 2. The lowest BCUT2D eigenvalue weighted by molar-refractivity contribution is -0.143. The molecule has 0 aromatic carbocycles. The molecule has 1 amide bonds. The SMILES string of the molecule is CCCCCC/C=C\C/C=C\CCCCCCCC(=O)OCCCCCCCCCCCCC(=O)NC(CO)C(O)CCCCCCCCCCCCCCCCCCCCCCCCCCC.